The first-order chi connectivity index (χ1) is 9.19. The van der Waals surface area contributed by atoms with Crippen LogP contribution in [0.2, 0.25) is 5.28 Å². The first-order valence-corrected chi connectivity index (χ1v) is 7.39. The molecule has 0 radical (unpaired) electrons. The Balaban J connectivity index is 2.29. The summed E-state index contributed by atoms with van der Waals surface area (Å²) in [6.45, 7) is 4.26. The summed E-state index contributed by atoms with van der Waals surface area (Å²) in [4.78, 5) is 10.7. The maximum atomic E-state index is 5.87. The Morgan fingerprint density at radius 2 is 1.95 bits per heavy atom. The van der Waals surface area contributed by atoms with Gasteiger partial charge in [-0.3, -0.25) is 0 Å². The topological polar surface area (TPSA) is 25.8 Å². The summed E-state index contributed by atoms with van der Waals surface area (Å²) in [5, 5.41) is 1.40. The van der Waals surface area contributed by atoms with Gasteiger partial charge in [0.2, 0.25) is 5.28 Å². The Morgan fingerprint density at radius 1 is 1.21 bits per heavy atom. The quantitative estimate of drug-likeness (QED) is 0.628. The van der Waals surface area contributed by atoms with Crippen molar-refractivity contribution in [3.05, 3.63) is 46.2 Å². The number of aryl methyl sites for hydroxylation is 2. The average molecular weight is 289 g/mol. The molecule has 2 aromatic heterocycles. The van der Waals surface area contributed by atoms with Crippen molar-refractivity contribution in [3.8, 4) is 11.1 Å². The monoisotopic (exact) mass is 288 g/mol. The summed E-state index contributed by atoms with van der Waals surface area (Å²) < 4.78 is 0. The standard InChI is InChI=1S/C15H13ClN2S/c1-3-12-13(10-6-4-9(2)5-7-10)11-8-17-15(16)18-14(11)19-12/h4-8H,3H2,1-2H3. The van der Waals surface area contributed by atoms with Crippen molar-refractivity contribution >= 4 is 33.2 Å². The lowest BCUT2D eigenvalue weighted by atomic mass is 10.0. The molecule has 2 nitrogen and oxygen atoms in total. The van der Waals surface area contributed by atoms with Gasteiger partial charge in [-0.1, -0.05) is 36.8 Å². The summed E-state index contributed by atoms with van der Waals surface area (Å²) in [5.74, 6) is 0. The molecule has 0 saturated heterocycles. The van der Waals surface area contributed by atoms with Gasteiger partial charge < -0.3 is 0 Å². The van der Waals surface area contributed by atoms with Gasteiger partial charge in [-0.2, -0.15) is 0 Å². The maximum absolute atomic E-state index is 5.87. The van der Waals surface area contributed by atoms with E-state index in [1.165, 1.54) is 21.6 Å². The Hall–Kier alpha value is -1.45. The van der Waals surface area contributed by atoms with E-state index in [1.54, 1.807) is 11.3 Å². The number of nitrogens with zero attached hydrogens (tertiary/aromatic N) is 2. The molecule has 0 N–H and O–H groups in total. The fourth-order valence-corrected chi connectivity index (χ4v) is 3.49. The third kappa shape index (κ3) is 2.24. The fourth-order valence-electron chi connectivity index (χ4n) is 2.20. The zero-order chi connectivity index (χ0) is 13.4. The number of hydrogen-bond acceptors (Lipinski definition) is 3. The molecule has 0 aliphatic rings. The normalized spacial score (nSPS) is 11.1. The summed E-state index contributed by atoms with van der Waals surface area (Å²) in [6, 6.07) is 8.58. The molecule has 3 rings (SSSR count). The van der Waals surface area contributed by atoms with E-state index in [0.717, 1.165) is 16.6 Å². The molecular formula is C15H13ClN2S. The van der Waals surface area contributed by atoms with Crippen LogP contribution >= 0.6 is 22.9 Å². The number of thiophene rings is 1. The van der Waals surface area contributed by atoms with Crippen molar-refractivity contribution < 1.29 is 0 Å². The van der Waals surface area contributed by atoms with E-state index in [1.807, 2.05) is 6.20 Å². The Kier molecular flexibility index (Phi) is 3.25. The summed E-state index contributed by atoms with van der Waals surface area (Å²) in [6.07, 6.45) is 2.82. The molecule has 3 aromatic rings. The highest BCUT2D eigenvalue weighted by Gasteiger charge is 2.14. The zero-order valence-electron chi connectivity index (χ0n) is 10.8. The van der Waals surface area contributed by atoms with Crippen LogP contribution in [0.25, 0.3) is 21.3 Å². The van der Waals surface area contributed by atoms with Crippen molar-refractivity contribution in [1.29, 1.82) is 0 Å². The van der Waals surface area contributed by atoms with Gasteiger partial charge in [0.1, 0.15) is 4.83 Å². The van der Waals surface area contributed by atoms with Crippen molar-refractivity contribution in [3.63, 3.8) is 0 Å². The van der Waals surface area contributed by atoms with Gasteiger partial charge in [0.15, 0.2) is 0 Å². The van der Waals surface area contributed by atoms with E-state index in [2.05, 4.69) is 48.1 Å². The van der Waals surface area contributed by atoms with Crippen LogP contribution in [0.15, 0.2) is 30.5 Å². The average Bonchev–Trinajstić information content (AvgIpc) is 2.77. The SMILES string of the molecule is CCc1sc2nc(Cl)ncc2c1-c1ccc(C)cc1. The summed E-state index contributed by atoms with van der Waals surface area (Å²) in [5.41, 5.74) is 3.74. The van der Waals surface area contributed by atoms with Crippen LogP contribution in [0.4, 0.5) is 0 Å². The van der Waals surface area contributed by atoms with Crippen LogP contribution < -0.4 is 0 Å². The molecular weight excluding hydrogens is 276 g/mol. The van der Waals surface area contributed by atoms with Gasteiger partial charge in [-0.25, -0.2) is 9.97 Å². The molecule has 1 aromatic carbocycles. The van der Waals surface area contributed by atoms with E-state index in [-0.39, 0.29) is 0 Å². The second-order valence-corrected chi connectivity index (χ2v) is 5.90. The number of aromatic nitrogens is 2. The molecule has 0 amide bonds. The molecule has 19 heavy (non-hydrogen) atoms. The van der Waals surface area contributed by atoms with Crippen molar-refractivity contribution in [1.82, 2.24) is 9.97 Å². The van der Waals surface area contributed by atoms with Crippen LogP contribution in [-0.2, 0) is 6.42 Å². The Labute approximate surface area is 121 Å². The van der Waals surface area contributed by atoms with Gasteiger partial charge in [0, 0.05) is 22.0 Å². The van der Waals surface area contributed by atoms with Crippen molar-refractivity contribution in [2.75, 3.05) is 0 Å². The lowest BCUT2D eigenvalue weighted by Gasteiger charge is -2.03. The third-order valence-electron chi connectivity index (χ3n) is 3.15. The second-order valence-electron chi connectivity index (χ2n) is 4.48. The van der Waals surface area contributed by atoms with Crippen LogP contribution in [0.3, 0.4) is 0 Å². The van der Waals surface area contributed by atoms with Gasteiger partial charge >= 0.3 is 0 Å². The predicted octanol–water partition coefficient (Wildman–Crippen LogP) is 4.88. The minimum Gasteiger partial charge on any atom is -0.226 e. The third-order valence-corrected chi connectivity index (χ3v) is 4.58. The molecule has 0 aliphatic carbocycles. The summed E-state index contributed by atoms with van der Waals surface area (Å²) >= 11 is 7.58. The Bertz CT molecular complexity index is 732. The molecule has 0 aliphatic heterocycles. The lowest BCUT2D eigenvalue weighted by molar-refractivity contribution is 1.19. The van der Waals surface area contributed by atoms with E-state index in [9.17, 15) is 0 Å². The number of rotatable bonds is 2. The van der Waals surface area contributed by atoms with E-state index >= 15 is 0 Å². The van der Waals surface area contributed by atoms with Crippen LogP contribution in [-0.4, -0.2) is 9.97 Å². The molecule has 4 heteroatoms. The van der Waals surface area contributed by atoms with E-state index in [4.69, 9.17) is 11.6 Å². The molecule has 0 fully saturated rings. The van der Waals surface area contributed by atoms with Crippen LogP contribution in [0.5, 0.6) is 0 Å². The lowest BCUT2D eigenvalue weighted by Crippen LogP contribution is -1.84. The highest BCUT2D eigenvalue weighted by molar-refractivity contribution is 7.19. The number of halogens is 1. The predicted molar refractivity (Wildman–Crippen MR) is 82.0 cm³/mol. The van der Waals surface area contributed by atoms with E-state index in [0.29, 0.717) is 5.28 Å². The van der Waals surface area contributed by atoms with Crippen LogP contribution in [0, 0.1) is 6.92 Å². The van der Waals surface area contributed by atoms with E-state index < -0.39 is 0 Å². The largest absolute Gasteiger partial charge is 0.226 e. The maximum Gasteiger partial charge on any atom is 0.223 e. The molecule has 0 atom stereocenters. The highest BCUT2D eigenvalue weighted by atomic mass is 35.5. The zero-order valence-corrected chi connectivity index (χ0v) is 12.3. The minimum atomic E-state index is 0.312. The molecule has 96 valence electrons. The molecule has 0 spiro atoms. The molecule has 0 bridgehead atoms. The van der Waals surface area contributed by atoms with Crippen LogP contribution in [0.1, 0.15) is 17.4 Å². The Morgan fingerprint density at radius 3 is 2.63 bits per heavy atom. The van der Waals surface area contributed by atoms with Crippen molar-refractivity contribution in [2.45, 2.75) is 20.3 Å². The first kappa shape index (κ1) is 12.6. The first-order valence-electron chi connectivity index (χ1n) is 6.20. The van der Waals surface area contributed by atoms with Gasteiger partial charge in [0.25, 0.3) is 0 Å². The summed E-state index contributed by atoms with van der Waals surface area (Å²) in [7, 11) is 0. The van der Waals surface area contributed by atoms with Gasteiger partial charge in [-0.05, 0) is 30.5 Å². The number of benzene rings is 1. The van der Waals surface area contributed by atoms with Gasteiger partial charge in [0.05, 0.1) is 0 Å². The highest BCUT2D eigenvalue weighted by Crippen LogP contribution is 2.38. The smallest absolute Gasteiger partial charge is 0.223 e. The molecule has 0 unspecified atom stereocenters. The second kappa shape index (κ2) is 4.91. The number of fused-ring (bicyclic) bond motifs is 1. The molecule has 2 heterocycles. The minimum absolute atomic E-state index is 0.312. The fraction of sp³-hybridized carbons (Fsp3) is 0.200. The number of hydrogen-bond donors (Lipinski definition) is 0. The van der Waals surface area contributed by atoms with Gasteiger partial charge in [-0.15, -0.1) is 11.3 Å². The molecule has 0 saturated carbocycles. The van der Waals surface area contributed by atoms with Crippen molar-refractivity contribution in [2.24, 2.45) is 0 Å².